The van der Waals surface area contributed by atoms with Crippen molar-refractivity contribution in [2.24, 2.45) is 0 Å². The Morgan fingerprint density at radius 1 is 1.15 bits per heavy atom. The zero-order valence-corrected chi connectivity index (χ0v) is 13.7. The maximum Gasteiger partial charge on any atom is 0.268 e. The first kappa shape index (κ1) is 16.2. The van der Waals surface area contributed by atoms with Crippen molar-refractivity contribution < 1.29 is 18.0 Å². The van der Waals surface area contributed by atoms with Crippen molar-refractivity contribution in [1.82, 2.24) is 9.88 Å². The van der Waals surface area contributed by atoms with Crippen LogP contribution < -0.4 is 5.32 Å². The summed E-state index contributed by atoms with van der Waals surface area (Å²) in [6.45, 7) is 2.59. The van der Waals surface area contributed by atoms with Gasteiger partial charge in [-0.05, 0) is 36.8 Å². The van der Waals surface area contributed by atoms with Crippen LogP contribution in [-0.4, -0.2) is 17.0 Å². The number of fused-ring (bicyclic) bond motifs is 3. The molecule has 0 unspecified atom stereocenters. The predicted molar refractivity (Wildman–Crippen MR) is 89.0 cm³/mol. The van der Waals surface area contributed by atoms with Crippen LogP contribution in [0.3, 0.4) is 0 Å². The normalized spacial score (nSPS) is 13.4. The van der Waals surface area contributed by atoms with Crippen LogP contribution in [0.2, 0.25) is 0 Å². The molecule has 4 nitrogen and oxygen atoms in total. The van der Waals surface area contributed by atoms with Gasteiger partial charge in [-0.2, -0.15) is 5.26 Å². The summed E-state index contributed by atoms with van der Waals surface area (Å²) in [5.74, 6) is -4.44. The summed E-state index contributed by atoms with van der Waals surface area (Å²) in [5, 5.41) is 12.7. The molecule has 1 aromatic heterocycles. The van der Waals surface area contributed by atoms with Crippen molar-refractivity contribution in [2.75, 3.05) is 6.54 Å². The lowest BCUT2D eigenvalue weighted by molar-refractivity contribution is 0.0928. The molecule has 130 valence electrons. The number of nitriles is 1. The molecule has 1 amide bonds. The summed E-state index contributed by atoms with van der Waals surface area (Å²) in [4.78, 5) is 12.3. The van der Waals surface area contributed by atoms with Crippen molar-refractivity contribution in [1.29, 1.82) is 5.26 Å². The number of nitrogens with zero attached hydrogens (tertiary/aromatic N) is 2. The van der Waals surface area contributed by atoms with Gasteiger partial charge in [0.1, 0.15) is 5.69 Å². The van der Waals surface area contributed by atoms with E-state index in [2.05, 4.69) is 5.32 Å². The number of carbonyl (C=O) groups excluding carboxylic acids is 1. The van der Waals surface area contributed by atoms with E-state index in [-0.39, 0.29) is 22.6 Å². The van der Waals surface area contributed by atoms with E-state index in [0.29, 0.717) is 35.2 Å². The van der Waals surface area contributed by atoms with Gasteiger partial charge in [-0.1, -0.05) is 0 Å². The van der Waals surface area contributed by atoms with Crippen molar-refractivity contribution in [3.63, 3.8) is 0 Å². The van der Waals surface area contributed by atoms with Gasteiger partial charge in [-0.25, -0.2) is 13.2 Å². The number of carbonyl (C=O) groups is 1. The highest BCUT2D eigenvalue weighted by Gasteiger charge is 2.27. The minimum Gasteiger partial charge on any atom is -0.349 e. The molecule has 0 atom stereocenters. The molecule has 1 N–H and O–H groups in total. The van der Waals surface area contributed by atoms with Crippen LogP contribution in [-0.2, 0) is 6.54 Å². The largest absolute Gasteiger partial charge is 0.349 e. The zero-order valence-electron chi connectivity index (χ0n) is 13.7. The Labute approximate surface area is 146 Å². The van der Waals surface area contributed by atoms with Crippen molar-refractivity contribution in [3.05, 3.63) is 58.5 Å². The van der Waals surface area contributed by atoms with Gasteiger partial charge < -0.3 is 9.88 Å². The average molecular weight is 355 g/mol. The van der Waals surface area contributed by atoms with Gasteiger partial charge in [0.25, 0.3) is 5.91 Å². The third-order valence-corrected chi connectivity index (χ3v) is 4.70. The lowest BCUT2D eigenvalue weighted by Gasteiger charge is -2.18. The molecule has 0 saturated carbocycles. The molecule has 7 heteroatoms. The lowest BCUT2D eigenvalue weighted by atomic mass is 9.98. The van der Waals surface area contributed by atoms with Gasteiger partial charge in [-0.15, -0.1) is 0 Å². The van der Waals surface area contributed by atoms with E-state index in [0.717, 1.165) is 12.1 Å². The third kappa shape index (κ3) is 2.12. The fourth-order valence-corrected chi connectivity index (χ4v) is 3.54. The molecule has 4 rings (SSSR count). The van der Waals surface area contributed by atoms with E-state index in [1.807, 2.05) is 6.07 Å². The number of nitrogens with one attached hydrogen (secondary N) is 1. The number of aryl methyl sites for hydroxylation is 1. The quantitative estimate of drug-likeness (QED) is 0.678. The van der Waals surface area contributed by atoms with E-state index < -0.39 is 17.5 Å². The Hall–Kier alpha value is -3.27. The summed E-state index contributed by atoms with van der Waals surface area (Å²) in [7, 11) is 0. The summed E-state index contributed by atoms with van der Waals surface area (Å²) in [6.07, 6.45) is 0. The Morgan fingerprint density at radius 2 is 1.92 bits per heavy atom. The second-order valence-corrected chi connectivity index (χ2v) is 6.14. The highest BCUT2D eigenvalue weighted by atomic mass is 19.2. The highest BCUT2D eigenvalue weighted by Crippen LogP contribution is 2.37. The van der Waals surface area contributed by atoms with Crippen LogP contribution in [0.25, 0.3) is 22.0 Å². The maximum absolute atomic E-state index is 14.4. The lowest BCUT2D eigenvalue weighted by Crippen LogP contribution is -2.35. The molecule has 2 aromatic carbocycles. The Bertz CT molecular complexity index is 1140. The zero-order chi connectivity index (χ0) is 18.6. The molecule has 1 aliphatic heterocycles. The molecule has 0 spiro atoms. The Morgan fingerprint density at radius 3 is 2.65 bits per heavy atom. The summed E-state index contributed by atoms with van der Waals surface area (Å²) in [5.41, 5.74) is 1.93. The number of benzene rings is 2. The van der Waals surface area contributed by atoms with Gasteiger partial charge in [0, 0.05) is 29.6 Å². The SMILES string of the molecule is Cc1c2n(c3c(-c4ccc(F)c(F)c4F)cc(C#N)cc13)CCNC2=O. The highest BCUT2D eigenvalue weighted by molar-refractivity contribution is 6.06. The summed E-state index contributed by atoms with van der Waals surface area (Å²) >= 11 is 0. The van der Waals surface area contributed by atoms with Gasteiger partial charge in [0.2, 0.25) is 0 Å². The number of halogens is 3. The molecule has 0 bridgehead atoms. The van der Waals surface area contributed by atoms with Crippen LogP contribution in [0.4, 0.5) is 13.2 Å². The first-order valence-corrected chi connectivity index (χ1v) is 7.93. The van der Waals surface area contributed by atoms with E-state index in [1.54, 1.807) is 17.6 Å². The molecule has 0 saturated heterocycles. The van der Waals surface area contributed by atoms with Crippen LogP contribution in [0, 0.1) is 35.7 Å². The van der Waals surface area contributed by atoms with Crippen LogP contribution in [0.1, 0.15) is 21.6 Å². The van der Waals surface area contributed by atoms with Crippen molar-refractivity contribution in [3.8, 4) is 17.2 Å². The number of rotatable bonds is 1. The topological polar surface area (TPSA) is 57.8 Å². The monoisotopic (exact) mass is 355 g/mol. The third-order valence-electron chi connectivity index (χ3n) is 4.70. The maximum atomic E-state index is 14.4. The predicted octanol–water partition coefficient (Wildman–Crippen LogP) is 3.65. The summed E-state index contributed by atoms with van der Waals surface area (Å²) in [6, 6.07) is 7.02. The number of hydrogen-bond acceptors (Lipinski definition) is 2. The van der Waals surface area contributed by atoms with E-state index in [4.69, 9.17) is 0 Å². The standard InChI is InChI=1S/C19H12F3N3O/c1-9-12-6-10(8-23)7-13(11-2-3-14(20)16(22)15(11)21)18(12)25-5-4-24-19(26)17(9)25/h2-3,6-7H,4-5H2,1H3,(H,24,26). The Kier molecular flexibility index (Phi) is 3.51. The number of aromatic nitrogens is 1. The van der Waals surface area contributed by atoms with Crippen LogP contribution >= 0.6 is 0 Å². The van der Waals surface area contributed by atoms with Crippen molar-refractivity contribution >= 4 is 16.8 Å². The van der Waals surface area contributed by atoms with Crippen LogP contribution in [0.15, 0.2) is 24.3 Å². The Balaban J connectivity index is 2.17. The molecule has 0 aliphatic carbocycles. The van der Waals surface area contributed by atoms with Crippen LogP contribution in [0.5, 0.6) is 0 Å². The smallest absolute Gasteiger partial charge is 0.268 e. The molecular formula is C19H12F3N3O. The van der Waals surface area contributed by atoms with E-state index in [1.165, 1.54) is 6.07 Å². The van der Waals surface area contributed by atoms with E-state index in [9.17, 15) is 23.2 Å². The van der Waals surface area contributed by atoms with Crippen molar-refractivity contribution in [2.45, 2.75) is 13.5 Å². The minimum absolute atomic E-state index is 0.155. The number of hydrogen-bond donors (Lipinski definition) is 1. The first-order chi connectivity index (χ1) is 12.4. The van der Waals surface area contributed by atoms with Gasteiger partial charge in [-0.3, -0.25) is 4.79 Å². The first-order valence-electron chi connectivity index (χ1n) is 7.93. The molecule has 0 radical (unpaired) electrons. The van der Waals surface area contributed by atoms with Gasteiger partial charge >= 0.3 is 0 Å². The van der Waals surface area contributed by atoms with E-state index >= 15 is 0 Å². The second kappa shape index (κ2) is 5.63. The molecule has 2 heterocycles. The summed E-state index contributed by atoms with van der Waals surface area (Å²) < 4.78 is 43.3. The van der Waals surface area contributed by atoms with Gasteiger partial charge in [0.15, 0.2) is 17.5 Å². The minimum atomic E-state index is -1.57. The molecule has 1 aliphatic rings. The number of amides is 1. The van der Waals surface area contributed by atoms with Gasteiger partial charge in [0.05, 0.1) is 17.1 Å². The molecule has 3 aromatic rings. The average Bonchev–Trinajstić information content (AvgIpc) is 2.93. The fraction of sp³-hybridized carbons (Fsp3) is 0.158. The second-order valence-electron chi connectivity index (χ2n) is 6.14. The fourth-order valence-electron chi connectivity index (χ4n) is 3.54. The molecule has 26 heavy (non-hydrogen) atoms. The molecule has 0 fully saturated rings. The molecular weight excluding hydrogens is 343 g/mol.